The fraction of sp³-hybridized carbons (Fsp3) is 0.350. The van der Waals surface area contributed by atoms with Gasteiger partial charge in [0, 0.05) is 28.4 Å². The van der Waals surface area contributed by atoms with Gasteiger partial charge in [-0.05, 0) is 51.5 Å². The van der Waals surface area contributed by atoms with Crippen molar-refractivity contribution in [3.05, 3.63) is 48.0 Å². The molecule has 0 fully saturated rings. The lowest BCUT2D eigenvalue weighted by Crippen LogP contribution is -2.22. The zero-order chi connectivity index (χ0) is 16.6. The molecule has 120 valence electrons. The van der Waals surface area contributed by atoms with E-state index in [1.807, 2.05) is 26.8 Å². The number of hydrogen-bond acceptors (Lipinski definition) is 2. The van der Waals surface area contributed by atoms with Crippen LogP contribution in [-0.2, 0) is 22.7 Å². The van der Waals surface area contributed by atoms with Crippen LogP contribution in [-0.4, -0.2) is 10.5 Å². The number of benzene rings is 2. The van der Waals surface area contributed by atoms with Crippen LogP contribution in [0.15, 0.2) is 42.5 Å². The molecule has 3 heteroatoms. The number of aromatic nitrogens is 1. The molecule has 1 heterocycles. The summed E-state index contributed by atoms with van der Waals surface area (Å²) in [6, 6.07) is 14.7. The Morgan fingerprint density at radius 2 is 1.74 bits per heavy atom. The van der Waals surface area contributed by atoms with Gasteiger partial charge in [0.15, 0.2) is 0 Å². The van der Waals surface area contributed by atoms with Crippen molar-refractivity contribution in [2.45, 2.75) is 40.8 Å². The van der Waals surface area contributed by atoms with Crippen LogP contribution in [0.4, 0.5) is 0 Å². The predicted molar refractivity (Wildman–Crippen MR) is 94.4 cm³/mol. The number of hydrogen-bond donors (Lipinski definition) is 0. The van der Waals surface area contributed by atoms with Gasteiger partial charge in [-0.1, -0.05) is 24.3 Å². The number of aryl methyl sites for hydroxylation is 1. The maximum absolute atomic E-state index is 11.9. The summed E-state index contributed by atoms with van der Waals surface area (Å²) in [5.41, 5.74) is 3.02. The van der Waals surface area contributed by atoms with E-state index in [-0.39, 0.29) is 5.97 Å². The molecule has 0 spiro atoms. The molecule has 0 aliphatic heterocycles. The van der Waals surface area contributed by atoms with E-state index in [4.69, 9.17) is 4.74 Å². The Labute approximate surface area is 136 Å². The third-order valence-electron chi connectivity index (χ3n) is 4.14. The Morgan fingerprint density at radius 3 is 2.43 bits per heavy atom. The Morgan fingerprint density at radius 1 is 1.04 bits per heavy atom. The number of nitrogens with zero attached hydrogens (tertiary/aromatic N) is 1. The van der Waals surface area contributed by atoms with Crippen LogP contribution in [0.3, 0.4) is 0 Å². The van der Waals surface area contributed by atoms with E-state index in [1.165, 1.54) is 21.8 Å². The van der Waals surface area contributed by atoms with Crippen molar-refractivity contribution < 1.29 is 9.53 Å². The largest absolute Gasteiger partial charge is 0.460 e. The molecule has 0 saturated heterocycles. The van der Waals surface area contributed by atoms with Crippen LogP contribution < -0.4 is 0 Å². The molecule has 0 atom stereocenters. The highest BCUT2D eigenvalue weighted by Crippen LogP contribution is 2.30. The lowest BCUT2D eigenvalue weighted by atomic mass is 9.97. The van der Waals surface area contributed by atoms with Crippen molar-refractivity contribution in [3.8, 4) is 0 Å². The second-order valence-electron chi connectivity index (χ2n) is 6.94. The number of esters is 1. The molecule has 23 heavy (non-hydrogen) atoms. The van der Waals surface area contributed by atoms with Crippen molar-refractivity contribution in [1.82, 2.24) is 4.57 Å². The molecule has 0 aliphatic rings. The van der Waals surface area contributed by atoms with E-state index in [1.54, 1.807) is 0 Å². The summed E-state index contributed by atoms with van der Waals surface area (Å²) in [5.74, 6) is -0.173. The topological polar surface area (TPSA) is 31.2 Å². The first-order valence-corrected chi connectivity index (χ1v) is 8.09. The lowest BCUT2D eigenvalue weighted by molar-refractivity contribution is -0.154. The molecule has 0 radical (unpaired) electrons. The highest BCUT2D eigenvalue weighted by atomic mass is 16.5. The summed E-state index contributed by atoms with van der Waals surface area (Å²) >= 11 is 0. The van der Waals surface area contributed by atoms with Crippen molar-refractivity contribution >= 4 is 27.8 Å². The third kappa shape index (κ3) is 2.83. The van der Waals surface area contributed by atoms with Crippen LogP contribution in [0.2, 0.25) is 0 Å². The zero-order valence-corrected chi connectivity index (χ0v) is 14.2. The number of para-hydroxylation sites is 1. The van der Waals surface area contributed by atoms with Gasteiger partial charge < -0.3 is 9.30 Å². The van der Waals surface area contributed by atoms with E-state index in [0.29, 0.717) is 6.61 Å². The first kappa shape index (κ1) is 15.6. The molecule has 0 saturated carbocycles. The minimum atomic E-state index is -0.470. The summed E-state index contributed by atoms with van der Waals surface area (Å²) in [5, 5.41) is 2.46. The van der Waals surface area contributed by atoms with Gasteiger partial charge in [-0.15, -0.1) is 0 Å². The van der Waals surface area contributed by atoms with Gasteiger partial charge in [-0.25, -0.2) is 0 Å². The molecule has 0 amide bonds. The monoisotopic (exact) mass is 309 g/mol. The van der Waals surface area contributed by atoms with Crippen LogP contribution >= 0.6 is 0 Å². The van der Waals surface area contributed by atoms with Gasteiger partial charge in [0.05, 0.1) is 5.41 Å². The van der Waals surface area contributed by atoms with Crippen LogP contribution in [0, 0.1) is 5.41 Å². The summed E-state index contributed by atoms with van der Waals surface area (Å²) in [6.45, 7) is 9.01. The SMILES string of the molecule is CCn1c2ccccc2c2cc(COC(=O)C(C)(C)C)ccc21. The first-order valence-electron chi connectivity index (χ1n) is 8.09. The van der Waals surface area contributed by atoms with Crippen LogP contribution in [0.25, 0.3) is 21.8 Å². The van der Waals surface area contributed by atoms with E-state index < -0.39 is 5.41 Å². The Bertz CT molecular complexity index is 868. The predicted octanol–water partition coefficient (Wildman–Crippen LogP) is 4.90. The molecular formula is C20H23NO2. The first-order chi connectivity index (χ1) is 10.9. The van der Waals surface area contributed by atoms with Gasteiger partial charge in [-0.2, -0.15) is 0 Å². The van der Waals surface area contributed by atoms with Gasteiger partial charge in [0.1, 0.15) is 6.61 Å². The van der Waals surface area contributed by atoms with Crippen molar-refractivity contribution in [2.75, 3.05) is 0 Å². The van der Waals surface area contributed by atoms with Gasteiger partial charge in [-0.3, -0.25) is 4.79 Å². The maximum Gasteiger partial charge on any atom is 0.311 e. The standard InChI is InChI=1S/C20H23NO2/c1-5-21-17-9-7-6-8-15(17)16-12-14(10-11-18(16)21)13-23-19(22)20(2,3)4/h6-12H,5,13H2,1-4H3. The van der Waals surface area contributed by atoms with Gasteiger partial charge in [0.25, 0.3) is 0 Å². The maximum atomic E-state index is 11.9. The molecule has 3 nitrogen and oxygen atoms in total. The fourth-order valence-electron chi connectivity index (χ4n) is 2.90. The highest BCUT2D eigenvalue weighted by Gasteiger charge is 2.23. The Hall–Kier alpha value is -2.29. The number of fused-ring (bicyclic) bond motifs is 3. The second kappa shape index (κ2) is 5.73. The molecule has 0 bridgehead atoms. The highest BCUT2D eigenvalue weighted by molar-refractivity contribution is 6.08. The molecular weight excluding hydrogens is 286 g/mol. The average Bonchev–Trinajstić information content (AvgIpc) is 2.84. The molecule has 0 unspecified atom stereocenters. The molecule has 0 N–H and O–H groups in total. The lowest BCUT2D eigenvalue weighted by Gasteiger charge is -2.16. The zero-order valence-electron chi connectivity index (χ0n) is 14.2. The normalized spacial score (nSPS) is 12.0. The number of carbonyl (C=O) groups excluding carboxylic acids is 1. The summed E-state index contributed by atoms with van der Waals surface area (Å²) in [6.07, 6.45) is 0. The van der Waals surface area contributed by atoms with Crippen LogP contribution in [0.1, 0.15) is 33.3 Å². The number of rotatable bonds is 3. The summed E-state index contributed by atoms with van der Waals surface area (Å²) in [7, 11) is 0. The minimum Gasteiger partial charge on any atom is -0.460 e. The number of carbonyl (C=O) groups is 1. The van der Waals surface area contributed by atoms with Crippen molar-refractivity contribution in [2.24, 2.45) is 5.41 Å². The molecule has 2 aromatic carbocycles. The Balaban J connectivity index is 1.99. The van der Waals surface area contributed by atoms with E-state index in [0.717, 1.165) is 12.1 Å². The fourth-order valence-corrected chi connectivity index (χ4v) is 2.90. The average molecular weight is 309 g/mol. The van der Waals surface area contributed by atoms with Gasteiger partial charge >= 0.3 is 5.97 Å². The van der Waals surface area contributed by atoms with Crippen LogP contribution in [0.5, 0.6) is 0 Å². The third-order valence-corrected chi connectivity index (χ3v) is 4.14. The summed E-state index contributed by atoms with van der Waals surface area (Å²) < 4.78 is 7.76. The minimum absolute atomic E-state index is 0.173. The Kier molecular flexibility index (Phi) is 3.88. The quantitative estimate of drug-likeness (QED) is 0.644. The van der Waals surface area contributed by atoms with E-state index in [9.17, 15) is 4.79 Å². The van der Waals surface area contributed by atoms with Crippen molar-refractivity contribution in [3.63, 3.8) is 0 Å². The molecule has 3 aromatic rings. The summed E-state index contributed by atoms with van der Waals surface area (Å²) in [4.78, 5) is 11.9. The van der Waals surface area contributed by atoms with E-state index >= 15 is 0 Å². The van der Waals surface area contributed by atoms with Crippen molar-refractivity contribution in [1.29, 1.82) is 0 Å². The second-order valence-corrected chi connectivity index (χ2v) is 6.94. The number of ether oxygens (including phenoxy) is 1. The smallest absolute Gasteiger partial charge is 0.311 e. The van der Waals surface area contributed by atoms with Gasteiger partial charge in [0.2, 0.25) is 0 Å². The molecule has 3 rings (SSSR count). The van der Waals surface area contributed by atoms with E-state index in [2.05, 4.69) is 47.9 Å². The molecule has 0 aliphatic carbocycles. The molecule has 1 aromatic heterocycles.